The number of halogens is 2. The van der Waals surface area contributed by atoms with Crippen LogP contribution in [-0.4, -0.2) is 59.0 Å². The maximum absolute atomic E-state index is 13.9. The predicted molar refractivity (Wildman–Crippen MR) is 117 cm³/mol. The average Bonchev–Trinajstić information content (AvgIpc) is 3.31. The quantitative estimate of drug-likeness (QED) is 0.607. The highest BCUT2D eigenvalue weighted by Gasteiger charge is 2.35. The van der Waals surface area contributed by atoms with Crippen LogP contribution in [0.15, 0.2) is 29.2 Å². The molecule has 9 nitrogen and oxygen atoms in total. The standard InChI is InChI=1S/C23H22F2N4O5/c1-2-7-28-13-27(11-16-4-3-8-34-16)23(33)19-21(31)20(30)17(12-29(19)28)22(32)26-10-14-5-6-15(24)9-18(14)25/h1,5-6,9,12,16,31H,3-4,7-8,10-11,13H2,(H,26,32)/t16-/m0/s1. The second kappa shape index (κ2) is 9.52. The third-order valence-electron chi connectivity index (χ3n) is 5.71. The fourth-order valence-electron chi connectivity index (χ4n) is 3.99. The first-order valence-corrected chi connectivity index (χ1v) is 10.6. The lowest BCUT2D eigenvalue weighted by molar-refractivity contribution is 0.0461. The first-order valence-electron chi connectivity index (χ1n) is 10.6. The van der Waals surface area contributed by atoms with E-state index in [9.17, 15) is 28.3 Å². The number of ether oxygens (including phenoxy) is 1. The molecule has 2 aromatic rings. The molecule has 0 spiro atoms. The second-order valence-electron chi connectivity index (χ2n) is 8.00. The summed E-state index contributed by atoms with van der Waals surface area (Å²) in [6.07, 6.45) is 8.08. The van der Waals surface area contributed by atoms with Gasteiger partial charge in [0.25, 0.3) is 11.8 Å². The number of terminal acetylenes is 1. The molecule has 1 saturated heterocycles. The van der Waals surface area contributed by atoms with Gasteiger partial charge in [-0.3, -0.25) is 24.1 Å². The van der Waals surface area contributed by atoms with Crippen LogP contribution in [-0.2, 0) is 11.3 Å². The lowest BCUT2D eigenvalue weighted by Gasteiger charge is -2.39. The number of aromatic nitrogens is 1. The zero-order valence-corrected chi connectivity index (χ0v) is 18.1. The molecule has 2 aliphatic rings. The Labute approximate surface area is 193 Å². The van der Waals surface area contributed by atoms with Crippen LogP contribution in [0, 0.1) is 24.0 Å². The molecule has 1 aromatic carbocycles. The van der Waals surface area contributed by atoms with Gasteiger partial charge in [0, 0.05) is 37.5 Å². The summed E-state index contributed by atoms with van der Waals surface area (Å²) in [5.74, 6) is -1.58. The normalized spacial score (nSPS) is 17.4. The molecular weight excluding hydrogens is 450 g/mol. The van der Waals surface area contributed by atoms with Crippen molar-refractivity contribution in [2.24, 2.45) is 0 Å². The van der Waals surface area contributed by atoms with Crippen molar-refractivity contribution in [3.63, 3.8) is 0 Å². The van der Waals surface area contributed by atoms with Crippen molar-refractivity contribution in [1.29, 1.82) is 0 Å². The molecule has 2 amide bonds. The summed E-state index contributed by atoms with van der Waals surface area (Å²) < 4.78 is 33.7. The van der Waals surface area contributed by atoms with E-state index in [1.165, 1.54) is 14.6 Å². The Hall–Kier alpha value is -3.91. The Morgan fingerprint density at radius 2 is 2.12 bits per heavy atom. The summed E-state index contributed by atoms with van der Waals surface area (Å²) in [7, 11) is 0. The monoisotopic (exact) mass is 472 g/mol. The van der Waals surface area contributed by atoms with Crippen LogP contribution in [0.25, 0.3) is 0 Å². The number of aromatic hydroxyl groups is 1. The molecule has 0 radical (unpaired) electrons. The van der Waals surface area contributed by atoms with E-state index in [0.29, 0.717) is 12.7 Å². The zero-order chi connectivity index (χ0) is 24.4. The first kappa shape index (κ1) is 23.3. The van der Waals surface area contributed by atoms with Crippen molar-refractivity contribution in [2.45, 2.75) is 25.5 Å². The number of nitrogens with one attached hydrogen (secondary N) is 1. The van der Waals surface area contributed by atoms with Gasteiger partial charge in [-0.15, -0.1) is 6.42 Å². The molecule has 4 rings (SSSR count). The minimum absolute atomic E-state index is 0.00550. The summed E-state index contributed by atoms with van der Waals surface area (Å²) in [4.78, 5) is 40.0. The van der Waals surface area contributed by atoms with Gasteiger partial charge in [-0.25, -0.2) is 8.78 Å². The van der Waals surface area contributed by atoms with Crippen LogP contribution in [0.4, 0.5) is 8.78 Å². The topological polar surface area (TPSA) is 104 Å². The smallest absolute Gasteiger partial charge is 0.277 e. The van der Waals surface area contributed by atoms with E-state index >= 15 is 0 Å². The molecule has 0 unspecified atom stereocenters. The van der Waals surface area contributed by atoms with Crippen molar-refractivity contribution in [3.05, 3.63) is 63.1 Å². The number of carbonyl (C=O) groups excluding carboxylic acids is 2. The summed E-state index contributed by atoms with van der Waals surface area (Å²) in [6, 6.07) is 2.88. The number of rotatable bonds is 6. The van der Waals surface area contributed by atoms with Crippen molar-refractivity contribution < 1.29 is 28.2 Å². The van der Waals surface area contributed by atoms with Crippen molar-refractivity contribution in [1.82, 2.24) is 14.9 Å². The second-order valence-corrected chi connectivity index (χ2v) is 8.00. The highest BCUT2D eigenvalue weighted by atomic mass is 19.1. The van der Waals surface area contributed by atoms with E-state index in [2.05, 4.69) is 11.2 Å². The largest absolute Gasteiger partial charge is 0.502 e. The number of fused-ring (bicyclic) bond motifs is 1. The zero-order valence-electron chi connectivity index (χ0n) is 18.1. The Kier molecular flexibility index (Phi) is 6.51. The number of hydrogen-bond acceptors (Lipinski definition) is 6. The number of carbonyl (C=O) groups is 2. The molecule has 3 heterocycles. The number of amides is 2. The molecule has 34 heavy (non-hydrogen) atoms. The van der Waals surface area contributed by atoms with E-state index in [0.717, 1.165) is 31.2 Å². The maximum Gasteiger partial charge on any atom is 0.277 e. The fraction of sp³-hybridized carbons (Fsp3) is 0.348. The van der Waals surface area contributed by atoms with Crippen LogP contribution in [0.3, 0.4) is 0 Å². The van der Waals surface area contributed by atoms with Gasteiger partial charge in [0.2, 0.25) is 5.43 Å². The molecular formula is C23H22F2N4O5. The molecule has 0 saturated carbocycles. The van der Waals surface area contributed by atoms with Crippen molar-refractivity contribution in [2.75, 3.05) is 31.4 Å². The minimum atomic E-state index is -1.06. The van der Waals surface area contributed by atoms with Gasteiger partial charge in [-0.2, -0.15) is 0 Å². The van der Waals surface area contributed by atoms with Gasteiger partial charge in [-0.05, 0) is 18.9 Å². The predicted octanol–water partition coefficient (Wildman–Crippen LogP) is 0.926. The molecule has 1 aromatic heterocycles. The fourth-order valence-corrected chi connectivity index (χ4v) is 3.99. The van der Waals surface area contributed by atoms with Gasteiger partial charge in [0.05, 0.1) is 12.6 Å². The highest BCUT2D eigenvalue weighted by molar-refractivity contribution is 5.99. The van der Waals surface area contributed by atoms with Crippen LogP contribution in [0.2, 0.25) is 0 Å². The average molecular weight is 472 g/mol. The molecule has 1 atom stereocenters. The van der Waals surface area contributed by atoms with E-state index < -0.39 is 40.2 Å². The van der Waals surface area contributed by atoms with Crippen LogP contribution < -0.4 is 15.8 Å². The van der Waals surface area contributed by atoms with Crippen molar-refractivity contribution >= 4 is 11.8 Å². The summed E-state index contributed by atoms with van der Waals surface area (Å²) >= 11 is 0. The Morgan fingerprint density at radius 1 is 1.32 bits per heavy atom. The number of benzene rings is 1. The Balaban J connectivity index is 1.63. The third kappa shape index (κ3) is 4.45. The molecule has 2 aliphatic heterocycles. The summed E-state index contributed by atoms with van der Waals surface area (Å²) in [5, 5.41) is 14.5. The van der Waals surface area contributed by atoms with Gasteiger partial charge in [0.15, 0.2) is 11.4 Å². The van der Waals surface area contributed by atoms with Crippen LogP contribution in [0.1, 0.15) is 39.3 Å². The molecule has 0 aliphatic carbocycles. The third-order valence-corrected chi connectivity index (χ3v) is 5.71. The van der Waals surface area contributed by atoms with E-state index in [-0.39, 0.29) is 43.7 Å². The summed E-state index contributed by atoms with van der Waals surface area (Å²) in [5.41, 5.74) is -1.83. The first-order chi connectivity index (χ1) is 16.3. The molecule has 11 heteroatoms. The lowest BCUT2D eigenvalue weighted by Crippen LogP contribution is -2.56. The number of hydrogen-bond donors (Lipinski definition) is 2. The van der Waals surface area contributed by atoms with Crippen molar-refractivity contribution in [3.8, 4) is 18.1 Å². The van der Waals surface area contributed by atoms with Gasteiger partial charge in [0.1, 0.15) is 23.9 Å². The lowest BCUT2D eigenvalue weighted by atomic mass is 10.1. The number of pyridine rings is 1. The van der Waals surface area contributed by atoms with Crippen LogP contribution >= 0.6 is 0 Å². The van der Waals surface area contributed by atoms with Crippen LogP contribution in [0.5, 0.6) is 5.75 Å². The van der Waals surface area contributed by atoms with E-state index in [1.807, 2.05) is 0 Å². The Bertz CT molecular complexity index is 1230. The summed E-state index contributed by atoms with van der Waals surface area (Å²) in [6.45, 7) is 0.614. The molecule has 178 valence electrons. The molecule has 1 fully saturated rings. The van der Waals surface area contributed by atoms with E-state index in [1.54, 1.807) is 0 Å². The van der Waals surface area contributed by atoms with Gasteiger partial charge in [-0.1, -0.05) is 12.0 Å². The van der Waals surface area contributed by atoms with E-state index in [4.69, 9.17) is 11.2 Å². The Morgan fingerprint density at radius 3 is 2.79 bits per heavy atom. The minimum Gasteiger partial charge on any atom is -0.502 e. The maximum atomic E-state index is 13.9. The SMILES string of the molecule is C#CCN1CN(C[C@@H]2CCCO2)C(=O)c2c(O)c(=O)c(C(=O)NCc3ccc(F)cc3F)cn21. The highest BCUT2D eigenvalue weighted by Crippen LogP contribution is 2.23. The number of nitrogens with zero attached hydrogens (tertiary/aromatic N) is 3. The van der Waals surface area contributed by atoms with Gasteiger partial charge >= 0.3 is 0 Å². The molecule has 2 N–H and O–H groups in total. The molecule has 0 bridgehead atoms. The van der Waals surface area contributed by atoms with Gasteiger partial charge < -0.3 is 20.1 Å².